The number of hydrogen-bond acceptors (Lipinski definition) is 2. The Morgan fingerprint density at radius 2 is 1.81 bits per heavy atom. The topological polar surface area (TPSA) is 36.2 Å². The molecule has 0 unspecified atom stereocenters. The molecule has 3 nitrogen and oxygen atoms in total. The Kier molecular flexibility index (Phi) is 3.05. The summed E-state index contributed by atoms with van der Waals surface area (Å²) < 4.78 is 6.25. The van der Waals surface area contributed by atoms with Crippen LogP contribution in [-0.2, 0) is 6.61 Å². The van der Waals surface area contributed by atoms with E-state index in [9.17, 15) is 5.21 Å². The Labute approximate surface area is 94.5 Å². The van der Waals surface area contributed by atoms with Crippen LogP contribution in [0.5, 0.6) is 5.88 Å². The molecule has 0 aliphatic rings. The van der Waals surface area contributed by atoms with E-state index >= 15 is 0 Å². The largest absolute Gasteiger partial charge is 0.616 e. The van der Waals surface area contributed by atoms with Gasteiger partial charge in [-0.15, -0.1) is 4.73 Å². The first-order chi connectivity index (χ1) is 7.77. The summed E-state index contributed by atoms with van der Waals surface area (Å²) in [5, 5.41) is 11.6. The zero-order chi connectivity index (χ0) is 11.4. The summed E-state index contributed by atoms with van der Waals surface area (Å²) in [6, 6.07) is 15.0. The lowest BCUT2D eigenvalue weighted by Gasteiger charge is -2.07. The van der Waals surface area contributed by atoms with Gasteiger partial charge in [0.15, 0.2) is 5.69 Å². The minimum atomic E-state index is 0.337. The highest BCUT2D eigenvalue weighted by Crippen LogP contribution is 2.07. The molecule has 0 spiro atoms. The fourth-order valence-corrected chi connectivity index (χ4v) is 1.42. The Bertz CT molecular complexity index is 469. The molecule has 1 heterocycles. The summed E-state index contributed by atoms with van der Waals surface area (Å²) in [5.74, 6) is 0.337. The predicted molar refractivity (Wildman–Crippen MR) is 60.9 cm³/mol. The molecule has 82 valence electrons. The maximum atomic E-state index is 11.6. The van der Waals surface area contributed by atoms with Crippen LogP contribution in [0.2, 0.25) is 0 Å². The van der Waals surface area contributed by atoms with Crippen LogP contribution >= 0.6 is 0 Å². The maximum Gasteiger partial charge on any atom is 0.379 e. The summed E-state index contributed by atoms with van der Waals surface area (Å²) in [7, 11) is 0. The highest BCUT2D eigenvalue weighted by molar-refractivity contribution is 5.15. The van der Waals surface area contributed by atoms with Gasteiger partial charge < -0.3 is 9.94 Å². The van der Waals surface area contributed by atoms with E-state index in [1.54, 1.807) is 19.1 Å². The Morgan fingerprint density at radius 3 is 2.56 bits per heavy atom. The maximum absolute atomic E-state index is 11.6. The zero-order valence-electron chi connectivity index (χ0n) is 9.09. The molecule has 0 N–H and O–H groups in total. The van der Waals surface area contributed by atoms with Gasteiger partial charge in [-0.25, -0.2) is 0 Å². The number of aryl methyl sites for hydroxylation is 1. The summed E-state index contributed by atoms with van der Waals surface area (Å²) in [4.78, 5) is 0. The summed E-state index contributed by atoms with van der Waals surface area (Å²) in [6.45, 7) is 2.16. The van der Waals surface area contributed by atoms with Gasteiger partial charge in [-0.3, -0.25) is 0 Å². The number of nitrogens with zero attached hydrogens (tertiary/aromatic N) is 1. The number of benzene rings is 1. The van der Waals surface area contributed by atoms with Crippen LogP contribution in [0.4, 0.5) is 0 Å². The van der Waals surface area contributed by atoms with E-state index in [0.717, 1.165) is 10.3 Å². The lowest BCUT2D eigenvalue weighted by Crippen LogP contribution is -2.32. The Hall–Kier alpha value is -2.03. The molecule has 1 aromatic carbocycles. The number of ether oxygens (including phenoxy) is 1. The summed E-state index contributed by atoms with van der Waals surface area (Å²) >= 11 is 0. The third kappa shape index (κ3) is 2.31. The zero-order valence-corrected chi connectivity index (χ0v) is 9.09. The van der Waals surface area contributed by atoms with Crippen molar-refractivity contribution in [1.29, 1.82) is 0 Å². The van der Waals surface area contributed by atoms with E-state index in [1.165, 1.54) is 0 Å². The second kappa shape index (κ2) is 4.66. The lowest BCUT2D eigenvalue weighted by atomic mass is 10.2. The lowest BCUT2D eigenvalue weighted by molar-refractivity contribution is -0.620. The van der Waals surface area contributed by atoms with Crippen molar-refractivity contribution in [3.05, 3.63) is 65.0 Å². The second-order valence-corrected chi connectivity index (χ2v) is 3.57. The van der Waals surface area contributed by atoms with E-state index in [4.69, 9.17) is 4.74 Å². The van der Waals surface area contributed by atoms with Gasteiger partial charge in [-0.2, -0.15) is 0 Å². The van der Waals surface area contributed by atoms with Gasteiger partial charge >= 0.3 is 5.88 Å². The van der Waals surface area contributed by atoms with Gasteiger partial charge in [0.25, 0.3) is 0 Å². The molecule has 0 aliphatic carbocycles. The van der Waals surface area contributed by atoms with Crippen LogP contribution in [0.1, 0.15) is 11.3 Å². The van der Waals surface area contributed by atoms with Crippen molar-refractivity contribution in [2.45, 2.75) is 13.5 Å². The summed E-state index contributed by atoms with van der Waals surface area (Å²) in [6.07, 6.45) is 0. The van der Waals surface area contributed by atoms with Crippen molar-refractivity contribution < 1.29 is 9.47 Å². The van der Waals surface area contributed by atoms with Crippen LogP contribution in [0, 0.1) is 12.1 Å². The van der Waals surface area contributed by atoms with Crippen LogP contribution in [0.25, 0.3) is 0 Å². The highest BCUT2D eigenvalue weighted by Gasteiger charge is 2.07. The van der Waals surface area contributed by atoms with Crippen molar-refractivity contribution in [2.24, 2.45) is 0 Å². The van der Waals surface area contributed by atoms with Crippen LogP contribution < -0.4 is 9.47 Å². The third-order valence-electron chi connectivity index (χ3n) is 2.33. The monoisotopic (exact) mass is 215 g/mol. The minimum absolute atomic E-state index is 0.337. The van der Waals surface area contributed by atoms with Crippen molar-refractivity contribution in [2.75, 3.05) is 0 Å². The molecule has 0 atom stereocenters. The minimum Gasteiger partial charge on any atom is -0.616 e. The molecule has 2 aromatic rings. The van der Waals surface area contributed by atoms with E-state index < -0.39 is 0 Å². The van der Waals surface area contributed by atoms with Crippen molar-refractivity contribution in [3.63, 3.8) is 0 Å². The van der Waals surface area contributed by atoms with Gasteiger partial charge in [0.05, 0.1) is 6.07 Å². The average Bonchev–Trinajstić information content (AvgIpc) is 2.32. The molecule has 0 amide bonds. The first kappa shape index (κ1) is 10.5. The van der Waals surface area contributed by atoms with Gasteiger partial charge in [0.1, 0.15) is 6.61 Å². The van der Waals surface area contributed by atoms with Gasteiger partial charge in [-0.1, -0.05) is 30.3 Å². The molecule has 0 saturated carbocycles. The molecule has 16 heavy (non-hydrogen) atoms. The van der Waals surface area contributed by atoms with Crippen LogP contribution in [0.15, 0.2) is 48.5 Å². The van der Waals surface area contributed by atoms with E-state index in [2.05, 4.69) is 0 Å². The van der Waals surface area contributed by atoms with Crippen LogP contribution in [0.3, 0.4) is 0 Å². The first-order valence-electron chi connectivity index (χ1n) is 5.13. The fraction of sp³-hybridized carbons (Fsp3) is 0.154. The molecule has 2 rings (SSSR count). The number of aromatic nitrogens is 1. The van der Waals surface area contributed by atoms with Crippen molar-refractivity contribution in [1.82, 2.24) is 0 Å². The number of pyridine rings is 1. The van der Waals surface area contributed by atoms with Crippen molar-refractivity contribution >= 4 is 0 Å². The van der Waals surface area contributed by atoms with Crippen molar-refractivity contribution in [3.8, 4) is 5.88 Å². The SMILES string of the molecule is Cc1cccc(OCc2ccccc2)[n+]1[O-]. The van der Waals surface area contributed by atoms with E-state index in [-0.39, 0.29) is 0 Å². The molecule has 0 bridgehead atoms. The standard InChI is InChI=1S/C13H13NO2/c1-11-6-5-9-13(14(11)15)16-10-12-7-3-2-4-8-12/h2-9H,10H2,1H3. The molecule has 0 radical (unpaired) electrons. The summed E-state index contributed by atoms with van der Waals surface area (Å²) in [5.41, 5.74) is 1.68. The molecule has 0 fully saturated rings. The van der Waals surface area contributed by atoms with Gasteiger partial charge in [0.2, 0.25) is 0 Å². The molecular weight excluding hydrogens is 202 g/mol. The second-order valence-electron chi connectivity index (χ2n) is 3.57. The molecule has 1 aromatic heterocycles. The van der Waals surface area contributed by atoms with E-state index in [1.807, 2.05) is 36.4 Å². The molecule has 0 aliphatic heterocycles. The molecule has 0 saturated heterocycles. The fourth-order valence-electron chi connectivity index (χ4n) is 1.42. The number of rotatable bonds is 3. The quantitative estimate of drug-likeness (QED) is 0.581. The Balaban J connectivity index is 2.08. The highest BCUT2D eigenvalue weighted by atomic mass is 16.5. The predicted octanol–water partition coefficient (Wildman–Crippen LogP) is 2.21. The number of hydrogen-bond donors (Lipinski definition) is 0. The van der Waals surface area contributed by atoms with E-state index in [0.29, 0.717) is 18.2 Å². The average molecular weight is 215 g/mol. The molecule has 3 heteroatoms. The van der Waals surface area contributed by atoms with Crippen LogP contribution in [-0.4, -0.2) is 0 Å². The normalized spacial score (nSPS) is 10.1. The van der Waals surface area contributed by atoms with Gasteiger partial charge in [0, 0.05) is 13.0 Å². The third-order valence-corrected chi connectivity index (χ3v) is 2.33. The molecular formula is C13H13NO2. The Morgan fingerprint density at radius 1 is 1.06 bits per heavy atom. The van der Waals surface area contributed by atoms with Gasteiger partial charge in [-0.05, 0) is 11.6 Å². The smallest absolute Gasteiger partial charge is 0.379 e. The first-order valence-corrected chi connectivity index (χ1v) is 5.13.